The molecule has 1 aromatic carbocycles. The zero-order valence-corrected chi connectivity index (χ0v) is 20.2. The molecule has 2 rings (SSSR count). The van der Waals surface area contributed by atoms with Gasteiger partial charge < -0.3 is 4.74 Å². The van der Waals surface area contributed by atoms with Crippen LogP contribution in [0.5, 0.6) is 5.75 Å². The van der Waals surface area contributed by atoms with Crippen LogP contribution in [-0.2, 0) is 15.6 Å². The normalized spacial score (nSPS) is 12.1. The van der Waals surface area contributed by atoms with Gasteiger partial charge in [0.1, 0.15) is 5.75 Å². The van der Waals surface area contributed by atoms with E-state index in [1.54, 1.807) is 11.8 Å². The Morgan fingerprint density at radius 3 is 2.41 bits per heavy atom. The van der Waals surface area contributed by atoms with Gasteiger partial charge >= 0.3 is 0 Å². The summed E-state index contributed by atoms with van der Waals surface area (Å²) in [5.41, 5.74) is 2.49. The van der Waals surface area contributed by atoms with Gasteiger partial charge in [0, 0.05) is 5.56 Å². The van der Waals surface area contributed by atoms with Crippen LogP contribution in [0.3, 0.4) is 0 Å². The maximum Gasteiger partial charge on any atom is 0.264 e. The maximum absolute atomic E-state index is 12.4. The van der Waals surface area contributed by atoms with Gasteiger partial charge in [0.05, 0.1) is 0 Å². The Kier molecular flexibility index (Phi) is 8.11. The Hall–Kier alpha value is -1.60. The molecule has 0 fully saturated rings. The highest BCUT2D eigenvalue weighted by Gasteiger charge is 2.27. The Bertz CT molecular complexity index is 831. The summed E-state index contributed by atoms with van der Waals surface area (Å²) in [6.07, 6.45) is 2.04. The van der Waals surface area contributed by atoms with Crippen LogP contribution < -0.4 is 10.1 Å². The van der Waals surface area contributed by atoms with Crippen molar-refractivity contribution in [1.29, 1.82) is 0 Å². The summed E-state index contributed by atoms with van der Waals surface area (Å²) in [6, 6.07) is 6.37. The molecule has 0 bridgehead atoms. The molecule has 1 N–H and O–H groups in total. The number of nitrogens with zero attached hydrogens (tertiary/aromatic N) is 2. The monoisotopic (exact) mass is 435 g/mol. The van der Waals surface area contributed by atoms with Gasteiger partial charge in [0.2, 0.25) is 5.13 Å². The molecule has 0 aliphatic carbocycles. The lowest BCUT2D eigenvalue weighted by Crippen LogP contribution is -2.24. The van der Waals surface area contributed by atoms with Crippen LogP contribution in [0, 0.1) is 0 Å². The highest BCUT2D eigenvalue weighted by atomic mass is 32.2. The molecule has 0 saturated heterocycles. The number of anilines is 1. The maximum atomic E-state index is 12.4. The van der Waals surface area contributed by atoms with E-state index in [1.807, 2.05) is 6.07 Å². The van der Waals surface area contributed by atoms with Crippen LogP contribution in [-0.4, -0.2) is 28.5 Å². The number of ether oxygens (including phenoxy) is 1. The Morgan fingerprint density at radius 2 is 1.79 bits per heavy atom. The molecule has 0 aliphatic heterocycles. The van der Waals surface area contributed by atoms with Crippen molar-refractivity contribution in [3.63, 3.8) is 0 Å². The van der Waals surface area contributed by atoms with Gasteiger partial charge in [-0.15, -0.1) is 10.2 Å². The number of carbonyl (C=O) groups is 1. The van der Waals surface area contributed by atoms with E-state index in [0.717, 1.165) is 34.2 Å². The fourth-order valence-corrected chi connectivity index (χ4v) is 4.41. The number of aromatic nitrogens is 2. The molecular weight excluding hydrogens is 402 g/mol. The first kappa shape index (κ1) is 23.7. The number of amides is 1. The van der Waals surface area contributed by atoms with Crippen molar-refractivity contribution in [2.75, 3.05) is 17.7 Å². The van der Waals surface area contributed by atoms with Crippen molar-refractivity contribution >= 4 is 34.1 Å². The molecule has 29 heavy (non-hydrogen) atoms. The number of hydrogen-bond acceptors (Lipinski definition) is 6. The molecule has 7 heteroatoms. The summed E-state index contributed by atoms with van der Waals surface area (Å²) in [4.78, 5) is 12.4. The second-order valence-corrected chi connectivity index (χ2v) is 10.8. The number of benzene rings is 1. The van der Waals surface area contributed by atoms with E-state index >= 15 is 0 Å². The summed E-state index contributed by atoms with van der Waals surface area (Å²) in [5.74, 6) is 1.46. The highest BCUT2D eigenvalue weighted by Crippen LogP contribution is 2.38. The zero-order chi connectivity index (χ0) is 21.7. The average Bonchev–Trinajstić information content (AvgIpc) is 3.13. The van der Waals surface area contributed by atoms with Gasteiger partial charge in [0.15, 0.2) is 10.9 Å². The highest BCUT2D eigenvalue weighted by molar-refractivity contribution is 8.01. The van der Waals surface area contributed by atoms with E-state index in [0.29, 0.717) is 5.13 Å². The minimum absolute atomic E-state index is 0.0445. The minimum atomic E-state index is -0.229. The second-order valence-electron chi connectivity index (χ2n) is 8.33. The van der Waals surface area contributed by atoms with Crippen LogP contribution in [0.2, 0.25) is 0 Å². The first-order valence-corrected chi connectivity index (χ1v) is 12.0. The van der Waals surface area contributed by atoms with Gasteiger partial charge in [-0.2, -0.15) is 0 Å². The average molecular weight is 436 g/mol. The number of thioether (sulfide) groups is 1. The van der Waals surface area contributed by atoms with Crippen molar-refractivity contribution in [3.8, 4) is 5.75 Å². The number of carbonyl (C=O) groups excluding carboxylic acids is 1. The lowest BCUT2D eigenvalue weighted by Gasteiger charge is -2.30. The van der Waals surface area contributed by atoms with Gasteiger partial charge in [-0.05, 0) is 41.1 Å². The van der Waals surface area contributed by atoms with Gasteiger partial charge in [0.25, 0.3) is 5.91 Å². The fourth-order valence-electron chi connectivity index (χ4n) is 2.74. The van der Waals surface area contributed by atoms with E-state index < -0.39 is 0 Å². The quantitative estimate of drug-likeness (QED) is 0.364. The standard InChI is InChI=1S/C22H33N3O2S2/c1-8-21(4,5)15-11-12-17(16(13-15)22(6,7)9-2)27-14-18(26)23-19-24-25-20(29-19)28-10-3/h11-13H,8-10,14H2,1-7H3,(H,23,24,26). The summed E-state index contributed by atoms with van der Waals surface area (Å²) in [7, 11) is 0. The number of nitrogens with one attached hydrogen (secondary N) is 1. The molecule has 0 aliphatic rings. The summed E-state index contributed by atoms with van der Waals surface area (Å²) < 4.78 is 6.81. The van der Waals surface area contributed by atoms with Crippen LogP contribution in [0.25, 0.3) is 0 Å². The largest absolute Gasteiger partial charge is 0.483 e. The molecule has 2 aromatic rings. The first-order chi connectivity index (χ1) is 13.6. The molecule has 5 nitrogen and oxygen atoms in total. The van der Waals surface area contributed by atoms with Crippen molar-refractivity contribution in [3.05, 3.63) is 29.3 Å². The number of hydrogen-bond donors (Lipinski definition) is 1. The second kappa shape index (κ2) is 9.94. The number of rotatable bonds is 10. The van der Waals surface area contributed by atoms with Crippen LogP contribution in [0.15, 0.2) is 22.5 Å². The van der Waals surface area contributed by atoms with Crippen molar-refractivity contribution in [2.24, 2.45) is 0 Å². The van der Waals surface area contributed by atoms with Crippen molar-refractivity contribution in [2.45, 2.75) is 76.5 Å². The smallest absolute Gasteiger partial charge is 0.264 e. The molecule has 160 valence electrons. The van der Waals surface area contributed by atoms with E-state index in [9.17, 15) is 4.79 Å². The zero-order valence-electron chi connectivity index (χ0n) is 18.6. The van der Waals surface area contributed by atoms with Crippen LogP contribution >= 0.6 is 23.1 Å². The summed E-state index contributed by atoms with van der Waals surface area (Å²) >= 11 is 2.99. The molecule has 0 atom stereocenters. The molecule has 0 saturated carbocycles. The van der Waals surface area contributed by atoms with Gasteiger partial charge in [-0.25, -0.2) is 0 Å². The fraction of sp³-hybridized carbons (Fsp3) is 0.591. The Morgan fingerprint density at radius 1 is 1.10 bits per heavy atom. The van der Waals surface area contributed by atoms with Gasteiger partial charge in [-0.3, -0.25) is 10.1 Å². The Balaban J connectivity index is 2.15. The molecule has 1 aromatic heterocycles. The van der Waals surface area contributed by atoms with E-state index in [4.69, 9.17) is 4.74 Å². The molecule has 0 spiro atoms. The summed E-state index contributed by atoms with van der Waals surface area (Å²) in [6.45, 7) is 15.3. The lowest BCUT2D eigenvalue weighted by molar-refractivity contribution is -0.118. The third-order valence-electron chi connectivity index (χ3n) is 5.54. The molecule has 0 radical (unpaired) electrons. The SMILES string of the molecule is CCSc1nnc(NC(=O)COc2ccc(C(C)(C)CC)cc2C(C)(C)CC)s1. The lowest BCUT2D eigenvalue weighted by atomic mass is 9.76. The minimum Gasteiger partial charge on any atom is -0.483 e. The molecule has 0 unspecified atom stereocenters. The topological polar surface area (TPSA) is 64.1 Å². The first-order valence-electron chi connectivity index (χ1n) is 10.2. The summed E-state index contributed by atoms with van der Waals surface area (Å²) in [5, 5.41) is 11.3. The van der Waals surface area contributed by atoms with E-state index in [1.165, 1.54) is 16.9 Å². The third kappa shape index (κ3) is 6.19. The van der Waals surface area contributed by atoms with Crippen molar-refractivity contribution < 1.29 is 9.53 Å². The third-order valence-corrected chi connectivity index (χ3v) is 7.39. The predicted octanol–water partition coefficient (Wildman–Crippen LogP) is 6.04. The molecule has 1 heterocycles. The van der Waals surface area contributed by atoms with E-state index in [2.05, 4.69) is 76.1 Å². The molecular formula is C22H33N3O2S2. The van der Waals surface area contributed by atoms with Gasteiger partial charge in [-0.1, -0.05) is 83.7 Å². The van der Waals surface area contributed by atoms with Crippen LogP contribution in [0.4, 0.5) is 5.13 Å². The molecule has 1 amide bonds. The Labute approximate surface area is 183 Å². The van der Waals surface area contributed by atoms with Crippen LogP contribution in [0.1, 0.15) is 72.4 Å². The predicted molar refractivity (Wildman–Crippen MR) is 124 cm³/mol. The van der Waals surface area contributed by atoms with E-state index in [-0.39, 0.29) is 23.3 Å². The van der Waals surface area contributed by atoms with Crippen molar-refractivity contribution in [1.82, 2.24) is 10.2 Å².